The molecular formula is C122H242F2O4. The summed E-state index contributed by atoms with van der Waals surface area (Å²) < 4.78 is 25.3. The molecule has 0 radical (unpaired) electrons. The lowest BCUT2D eigenvalue weighted by atomic mass is 9.68. The second-order valence-corrected chi connectivity index (χ2v) is 52.5. The van der Waals surface area contributed by atoms with Crippen LogP contribution < -0.4 is 0 Å². The van der Waals surface area contributed by atoms with Crippen molar-refractivity contribution < 1.29 is 29.2 Å². The Bertz CT molecular complexity index is 2310. The molecular weight excluding hydrogens is 1570 g/mol. The van der Waals surface area contributed by atoms with Gasteiger partial charge < -0.3 is 20.4 Å². The second kappa shape index (κ2) is 69.5. The van der Waals surface area contributed by atoms with Crippen LogP contribution in [0.1, 0.15) is 556 Å². The first kappa shape index (κ1) is 126. The Hall–Kier alpha value is -0.300. The Kier molecular flexibility index (Phi) is 68.3. The molecule has 0 aromatic rings. The number of alkyl halides is 2. The van der Waals surface area contributed by atoms with Crippen molar-refractivity contribution in [1.82, 2.24) is 0 Å². The van der Waals surface area contributed by atoms with Crippen molar-refractivity contribution >= 4 is 0 Å². The zero-order chi connectivity index (χ0) is 97.1. The molecule has 0 aromatic carbocycles. The number of rotatable bonds is 14. The van der Waals surface area contributed by atoms with Crippen LogP contribution in [0.4, 0.5) is 8.78 Å². The Balaban J connectivity index is 0.000000699. The molecule has 0 bridgehead atoms. The first-order valence-electron chi connectivity index (χ1n) is 58.0. The Morgan fingerprint density at radius 2 is 0.453 bits per heavy atom. The van der Waals surface area contributed by atoms with Crippen LogP contribution in [0.5, 0.6) is 0 Å². The van der Waals surface area contributed by atoms with E-state index in [2.05, 4.69) is 235 Å². The molecule has 4 N–H and O–H groups in total. The molecule has 0 amide bonds. The van der Waals surface area contributed by atoms with Crippen molar-refractivity contribution in [1.29, 1.82) is 0 Å². The van der Waals surface area contributed by atoms with Crippen molar-refractivity contribution in [2.75, 3.05) is 0 Å². The summed E-state index contributed by atoms with van der Waals surface area (Å²) in [6.07, 6.45) is 66.2. The number of aliphatic hydroxyl groups excluding tert-OH is 4. The monoisotopic (exact) mass is 1810 g/mol. The van der Waals surface area contributed by atoms with Gasteiger partial charge in [0.05, 0.1) is 24.4 Å². The average Bonchev–Trinajstić information content (AvgIpc) is 0.843. The van der Waals surface area contributed by atoms with Crippen LogP contribution in [0.25, 0.3) is 0 Å². The average molecular weight is 1810 g/mol. The van der Waals surface area contributed by atoms with Gasteiger partial charge in [0.2, 0.25) is 5.92 Å². The maximum absolute atomic E-state index is 12.6. The van der Waals surface area contributed by atoms with Gasteiger partial charge in [-0.25, -0.2) is 8.78 Å². The number of halogens is 2. The van der Waals surface area contributed by atoms with E-state index < -0.39 is 5.92 Å². The largest absolute Gasteiger partial charge is 0.393 e. The van der Waals surface area contributed by atoms with Gasteiger partial charge in [-0.15, -0.1) is 0 Å². The van der Waals surface area contributed by atoms with Crippen LogP contribution in [-0.4, -0.2) is 50.8 Å². The number of hydrogen-bond donors (Lipinski definition) is 4. The molecule has 12 fully saturated rings. The zero-order valence-corrected chi connectivity index (χ0v) is 93.7. The van der Waals surface area contributed by atoms with E-state index in [0.29, 0.717) is 77.4 Å². The SMILES string of the molecule is CC(C)C1CCC(C(C)(C)C)CC1.CC(C)C1CCC(F)(F)CC1.CC(C)C1CCCCC1.CC(C)C1CCCCCC1.CC(C)CC1CCCCC1.CC(C)[C@@H]1CC[C@@H](C)C[C@@H]1O.CC(C)[C@@H]1CC[C@@H](C)C[C@H]1O.CC(C)[C@H]1CC[C@H](C)C[C@@H]1O.CC(C)[C@H]1CC[C@H](C)C[C@H]1O.CC1CCC(C(C)C)CC1.CC1CCC(C(C)C)CC1.CCC1CCC(C(C)C)CC1. The summed E-state index contributed by atoms with van der Waals surface area (Å²) in [5.41, 5.74) is 0.544. The lowest BCUT2D eigenvalue weighted by molar-refractivity contribution is -0.0504. The summed E-state index contributed by atoms with van der Waals surface area (Å²) in [6, 6.07) is 0. The van der Waals surface area contributed by atoms with E-state index in [1.807, 2.05) is 0 Å². The van der Waals surface area contributed by atoms with Crippen molar-refractivity contribution in [3.05, 3.63) is 0 Å². The molecule has 6 heteroatoms. The highest BCUT2D eigenvalue weighted by Crippen LogP contribution is 2.45. The molecule has 768 valence electrons. The van der Waals surface area contributed by atoms with Gasteiger partial charge in [-0.05, 0) is 330 Å². The van der Waals surface area contributed by atoms with Crippen molar-refractivity contribution in [3.63, 3.8) is 0 Å². The van der Waals surface area contributed by atoms with Crippen molar-refractivity contribution in [3.8, 4) is 0 Å². The fraction of sp³-hybridized carbons (Fsp3) is 1.00. The molecule has 12 aliphatic carbocycles. The van der Waals surface area contributed by atoms with Crippen LogP contribution in [0.2, 0.25) is 0 Å². The molecule has 12 aliphatic rings. The van der Waals surface area contributed by atoms with E-state index in [0.717, 1.165) is 156 Å². The molecule has 0 spiro atoms. The molecule has 0 aromatic heterocycles. The summed E-state index contributed by atoms with van der Waals surface area (Å²) in [5, 5.41) is 38.8. The van der Waals surface area contributed by atoms with Crippen molar-refractivity contribution in [2.24, 2.45) is 195 Å². The highest BCUT2D eigenvalue weighted by Gasteiger charge is 2.38. The van der Waals surface area contributed by atoms with Gasteiger partial charge >= 0.3 is 0 Å². The first-order chi connectivity index (χ1) is 59.9. The summed E-state index contributed by atoms with van der Waals surface area (Å²) in [7, 11) is 0. The van der Waals surface area contributed by atoms with E-state index in [1.165, 1.54) is 270 Å². The highest BCUT2D eigenvalue weighted by molar-refractivity contribution is 4.87. The smallest absolute Gasteiger partial charge is 0.248 e. The van der Waals surface area contributed by atoms with Crippen LogP contribution in [-0.2, 0) is 0 Å². The highest BCUT2D eigenvalue weighted by atomic mass is 19.3. The Morgan fingerprint density at radius 1 is 0.242 bits per heavy atom. The molecule has 12 atom stereocenters. The molecule has 4 nitrogen and oxygen atoms in total. The molecule has 128 heavy (non-hydrogen) atoms. The minimum Gasteiger partial charge on any atom is -0.393 e. The van der Waals surface area contributed by atoms with Crippen LogP contribution >= 0.6 is 0 Å². The van der Waals surface area contributed by atoms with E-state index in [9.17, 15) is 29.2 Å². The third kappa shape index (κ3) is 57.3. The van der Waals surface area contributed by atoms with Crippen LogP contribution in [0.15, 0.2) is 0 Å². The maximum Gasteiger partial charge on any atom is 0.248 e. The fourth-order valence-corrected chi connectivity index (χ4v) is 25.0. The quantitative estimate of drug-likeness (QED) is 0.131. The van der Waals surface area contributed by atoms with Gasteiger partial charge in [0.25, 0.3) is 0 Å². The molecule has 12 rings (SSSR count). The van der Waals surface area contributed by atoms with Gasteiger partial charge in [0.1, 0.15) is 0 Å². The van der Waals surface area contributed by atoms with Crippen LogP contribution in [0.3, 0.4) is 0 Å². The molecule has 0 aliphatic heterocycles. The second-order valence-electron chi connectivity index (χ2n) is 52.5. The Labute approximate surface area is 805 Å². The standard InChI is InChI=1S/C13H26.C11H22.4C10H20O.4C10H20.C9H16F2.C9H18/c1-10(2)11-6-8-12(9-7-11)13(3,4)5;1-4-10-5-7-11(8-6-10)9(2)3;4*1-7(2)9-5-4-8(3)6-10(9)11;2*1-8(2)10-6-4-9(3)5-7-10;1-9(2)8-10-6-4-3-5-7-10;1-9(2)10-7-5-3-4-6-8-10;1-7(2)8-3-5-9(10,11)6-4-8;1-8(2)9-6-4-3-5-7-9/h10-12H,6-9H2,1-5H3;9-11H,4-8H2,1-3H3;4*7-11H,4-6H2,1-3H3;2*8-10H,4-7H2,1-3H3;2*9-10H,3-8H2,1-2H3;7-8H,3-6H2,1-2H3;8-9H,3-7H2,1-2H3/t;;2*8-,9+,10+;2*8-,9+,10-;;;;;;/m..1010....../s1. The number of aliphatic hydroxyl groups is 4. The topological polar surface area (TPSA) is 80.9 Å². The van der Waals surface area contributed by atoms with Crippen molar-refractivity contribution in [2.45, 2.75) is 587 Å². The minimum absolute atomic E-state index is 0.0289. The maximum atomic E-state index is 12.6. The Morgan fingerprint density at radius 3 is 0.672 bits per heavy atom. The van der Waals surface area contributed by atoms with Gasteiger partial charge in [0.15, 0.2) is 0 Å². The first-order valence-corrected chi connectivity index (χ1v) is 58.0. The lowest BCUT2D eigenvalue weighted by Crippen LogP contribution is -2.31. The van der Waals surface area contributed by atoms with Gasteiger partial charge in [-0.2, -0.15) is 0 Å². The summed E-state index contributed by atoms with van der Waals surface area (Å²) >= 11 is 0. The summed E-state index contributed by atoms with van der Waals surface area (Å²) in [4.78, 5) is 0. The molecule has 0 saturated heterocycles. The van der Waals surface area contributed by atoms with E-state index in [4.69, 9.17) is 0 Å². The lowest BCUT2D eigenvalue weighted by Gasteiger charge is -2.38. The normalized spacial score (nSPS) is 32.3. The van der Waals surface area contributed by atoms with Gasteiger partial charge in [0, 0.05) is 12.8 Å². The van der Waals surface area contributed by atoms with Gasteiger partial charge in [-0.3, -0.25) is 0 Å². The summed E-state index contributed by atoms with van der Waals surface area (Å²) in [5.74, 6) is 24.4. The van der Waals surface area contributed by atoms with Crippen LogP contribution in [0, 0.1) is 195 Å². The van der Waals surface area contributed by atoms with E-state index in [-0.39, 0.29) is 37.3 Å². The molecule has 12 saturated carbocycles. The minimum atomic E-state index is -2.36. The zero-order valence-electron chi connectivity index (χ0n) is 93.7. The predicted octanol–water partition coefficient (Wildman–Crippen LogP) is 39.0. The van der Waals surface area contributed by atoms with Gasteiger partial charge in [-0.1, -0.05) is 409 Å². The third-order valence-corrected chi connectivity index (χ3v) is 36.0. The molecule has 0 heterocycles. The summed E-state index contributed by atoms with van der Waals surface area (Å²) in [6.45, 7) is 78.3. The van der Waals surface area contributed by atoms with E-state index >= 15 is 0 Å². The molecule has 0 unspecified atom stereocenters. The van der Waals surface area contributed by atoms with E-state index in [1.54, 1.807) is 0 Å². The third-order valence-electron chi connectivity index (χ3n) is 36.0. The predicted molar refractivity (Wildman–Crippen MR) is 567 cm³/mol. The number of hydrogen-bond acceptors (Lipinski definition) is 4. The fourth-order valence-electron chi connectivity index (χ4n) is 25.0.